The number of nitrogens with one attached hydrogen (secondary N) is 1. The lowest BCUT2D eigenvalue weighted by Gasteiger charge is -2.12. The summed E-state index contributed by atoms with van der Waals surface area (Å²) in [6, 6.07) is 7.80. The number of benzene rings is 1. The number of fused-ring (bicyclic) bond motifs is 1. The molecule has 0 amide bonds. The van der Waals surface area contributed by atoms with Crippen LogP contribution in [-0.2, 0) is 11.3 Å². The Morgan fingerprint density at radius 3 is 3.00 bits per heavy atom. The predicted octanol–water partition coefficient (Wildman–Crippen LogP) is 1.73. The van der Waals surface area contributed by atoms with Crippen molar-refractivity contribution >= 4 is 11.0 Å². The van der Waals surface area contributed by atoms with Gasteiger partial charge in [-0.25, -0.2) is 9.37 Å². The smallest absolute Gasteiger partial charge is 0.140 e. The summed E-state index contributed by atoms with van der Waals surface area (Å²) in [5.74, 6) is 0.748. The van der Waals surface area contributed by atoms with Crippen molar-refractivity contribution in [1.82, 2.24) is 14.9 Å². The number of H-pyrrole nitrogens is 1. The van der Waals surface area contributed by atoms with E-state index in [-0.39, 0.29) is 6.10 Å². The van der Waals surface area contributed by atoms with Gasteiger partial charge in [-0.1, -0.05) is 12.1 Å². The van der Waals surface area contributed by atoms with E-state index >= 15 is 0 Å². The van der Waals surface area contributed by atoms with Crippen molar-refractivity contribution < 1.29 is 9.13 Å². The maximum atomic E-state index is 13.5. The zero-order chi connectivity index (χ0) is 12.5. The highest BCUT2D eigenvalue weighted by Crippen LogP contribution is 2.17. The Hall–Kier alpha value is -1.46. The lowest BCUT2D eigenvalue weighted by molar-refractivity contribution is 0.00930. The van der Waals surface area contributed by atoms with Gasteiger partial charge in [0.2, 0.25) is 0 Å². The minimum atomic E-state index is -0.903. The van der Waals surface area contributed by atoms with Crippen LogP contribution in [0.1, 0.15) is 5.82 Å². The number of rotatable bonds is 3. The van der Waals surface area contributed by atoms with E-state index in [2.05, 4.69) is 9.97 Å². The second-order valence-electron chi connectivity index (χ2n) is 4.79. The highest BCUT2D eigenvalue weighted by molar-refractivity contribution is 5.74. The molecule has 2 atom stereocenters. The van der Waals surface area contributed by atoms with Crippen molar-refractivity contribution in [2.45, 2.75) is 18.9 Å². The third-order valence-electron chi connectivity index (χ3n) is 3.25. The third-order valence-corrected chi connectivity index (χ3v) is 3.25. The number of hydrogen-bond donors (Lipinski definition) is 1. The Kier molecular flexibility index (Phi) is 3.01. The molecule has 1 fully saturated rings. The van der Waals surface area contributed by atoms with Gasteiger partial charge in [-0.15, -0.1) is 0 Å². The molecule has 2 aromatic rings. The number of alkyl halides is 1. The van der Waals surface area contributed by atoms with Crippen LogP contribution >= 0.6 is 0 Å². The number of para-hydroxylation sites is 2. The molecule has 5 heteroatoms. The van der Waals surface area contributed by atoms with E-state index in [0.717, 1.165) is 16.9 Å². The Labute approximate surface area is 105 Å². The molecule has 96 valence electrons. The molecular weight excluding hydrogens is 233 g/mol. The molecule has 1 aliphatic heterocycles. The number of aromatic amines is 1. The number of imidazole rings is 1. The van der Waals surface area contributed by atoms with Gasteiger partial charge >= 0.3 is 0 Å². The van der Waals surface area contributed by atoms with Crippen LogP contribution in [0.25, 0.3) is 11.0 Å². The fourth-order valence-electron chi connectivity index (χ4n) is 2.33. The molecule has 0 unspecified atom stereocenters. The molecule has 4 nitrogen and oxygen atoms in total. The average Bonchev–Trinajstić information content (AvgIpc) is 2.89. The summed E-state index contributed by atoms with van der Waals surface area (Å²) in [6.45, 7) is 1.42. The summed E-state index contributed by atoms with van der Waals surface area (Å²) >= 11 is 0. The van der Waals surface area contributed by atoms with Crippen LogP contribution in [0.2, 0.25) is 0 Å². The zero-order valence-corrected chi connectivity index (χ0v) is 10.3. The number of aromatic nitrogens is 2. The van der Waals surface area contributed by atoms with E-state index in [0.29, 0.717) is 19.7 Å². The van der Waals surface area contributed by atoms with E-state index in [9.17, 15) is 4.39 Å². The fraction of sp³-hybridized carbons (Fsp3) is 0.462. The minimum absolute atomic E-state index is 0.327. The molecule has 1 N–H and O–H groups in total. The average molecular weight is 249 g/mol. The summed E-state index contributed by atoms with van der Waals surface area (Å²) in [6.07, 6.45) is -1.25. The van der Waals surface area contributed by atoms with Gasteiger partial charge in [0.05, 0.1) is 11.0 Å². The second kappa shape index (κ2) is 4.66. The SMILES string of the molecule is CN1C[C@@H](F)[C@@H](OCc2nc3ccccc3[nH]2)C1. The summed E-state index contributed by atoms with van der Waals surface area (Å²) in [4.78, 5) is 9.51. The van der Waals surface area contributed by atoms with Crippen molar-refractivity contribution in [2.24, 2.45) is 0 Å². The van der Waals surface area contributed by atoms with E-state index < -0.39 is 6.17 Å². The monoisotopic (exact) mass is 249 g/mol. The van der Waals surface area contributed by atoms with Crippen molar-refractivity contribution in [2.75, 3.05) is 20.1 Å². The Bertz CT molecular complexity index is 509. The Morgan fingerprint density at radius 2 is 2.28 bits per heavy atom. The molecule has 0 radical (unpaired) electrons. The molecular formula is C13H16FN3O. The van der Waals surface area contributed by atoms with Gasteiger partial charge in [0.1, 0.15) is 24.7 Å². The van der Waals surface area contributed by atoms with Gasteiger partial charge in [-0.3, -0.25) is 0 Å². The van der Waals surface area contributed by atoms with Crippen LogP contribution in [-0.4, -0.2) is 47.3 Å². The van der Waals surface area contributed by atoms with Gasteiger partial charge in [0.25, 0.3) is 0 Å². The number of nitrogens with zero attached hydrogens (tertiary/aromatic N) is 2. The number of likely N-dealkylation sites (N-methyl/N-ethyl adjacent to an activating group) is 1. The number of likely N-dealkylation sites (tertiary alicyclic amines) is 1. The van der Waals surface area contributed by atoms with Gasteiger partial charge in [-0.2, -0.15) is 0 Å². The molecule has 1 aromatic carbocycles. The predicted molar refractivity (Wildman–Crippen MR) is 67.1 cm³/mol. The standard InChI is InChI=1S/C13H16FN3O/c1-17-6-9(14)12(7-17)18-8-13-15-10-4-2-3-5-11(10)16-13/h2-5,9,12H,6-8H2,1H3,(H,15,16)/t9-,12+/m1/s1. The lowest BCUT2D eigenvalue weighted by Crippen LogP contribution is -2.23. The first-order valence-corrected chi connectivity index (χ1v) is 6.10. The van der Waals surface area contributed by atoms with Crippen LogP contribution < -0.4 is 0 Å². The van der Waals surface area contributed by atoms with Crippen molar-refractivity contribution in [1.29, 1.82) is 0 Å². The van der Waals surface area contributed by atoms with E-state index in [4.69, 9.17) is 4.74 Å². The maximum absolute atomic E-state index is 13.5. The molecule has 1 saturated heterocycles. The van der Waals surface area contributed by atoms with Gasteiger partial charge < -0.3 is 14.6 Å². The molecule has 0 bridgehead atoms. The topological polar surface area (TPSA) is 41.1 Å². The van der Waals surface area contributed by atoms with Crippen LogP contribution in [0.3, 0.4) is 0 Å². The molecule has 3 rings (SSSR count). The summed E-state index contributed by atoms with van der Waals surface area (Å²) in [7, 11) is 1.90. The summed E-state index contributed by atoms with van der Waals surface area (Å²) in [5, 5.41) is 0. The van der Waals surface area contributed by atoms with Crippen molar-refractivity contribution in [3.05, 3.63) is 30.1 Å². The molecule has 1 aliphatic rings. The second-order valence-corrected chi connectivity index (χ2v) is 4.79. The van der Waals surface area contributed by atoms with Gasteiger partial charge in [-0.05, 0) is 19.2 Å². The van der Waals surface area contributed by atoms with E-state index in [1.54, 1.807) is 0 Å². The number of halogens is 1. The highest BCUT2D eigenvalue weighted by atomic mass is 19.1. The van der Waals surface area contributed by atoms with Gasteiger partial charge in [0.15, 0.2) is 0 Å². The Morgan fingerprint density at radius 1 is 1.44 bits per heavy atom. The normalized spacial score (nSPS) is 25.0. The minimum Gasteiger partial charge on any atom is -0.366 e. The fourth-order valence-corrected chi connectivity index (χ4v) is 2.33. The lowest BCUT2D eigenvalue weighted by atomic mass is 10.3. The number of ether oxygens (including phenoxy) is 1. The third kappa shape index (κ3) is 2.23. The quantitative estimate of drug-likeness (QED) is 0.900. The van der Waals surface area contributed by atoms with Crippen LogP contribution in [0, 0.1) is 0 Å². The Balaban J connectivity index is 1.66. The molecule has 2 heterocycles. The first-order chi connectivity index (χ1) is 8.72. The largest absolute Gasteiger partial charge is 0.366 e. The van der Waals surface area contributed by atoms with E-state index in [1.165, 1.54) is 0 Å². The first kappa shape index (κ1) is 11.6. The van der Waals surface area contributed by atoms with Gasteiger partial charge in [0, 0.05) is 13.1 Å². The van der Waals surface area contributed by atoms with Crippen LogP contribution in [0.15, 0.2) is 24.3 Å². The number of hydrogen-bond acceptors (Lipinski definition) is 3. The summed E-state index contributed by atoms with van der Waals surface area (Å²) in [5.41, 5.74) is 1.90. The molecule has 18 heavy (non-hydrogen) atoms. The molecule has 1 aromatic heterocycles. The zero-order valence-electron chi connectivity index (χ0n) is 10.3. The van der Waals surface area contributed by atoms with Crippen molar-refractivity contribution in [3.63, 3.8) is 0 Å². The molecule has 0 spiro atoms. The maximum Gasteiger partial charge on any atom is 0.140 e. The molecule has 0 saturated carbocycles. The van der Waals surface area contributed by atoms with Crippen LogP contribution in [0.4, 0.5) is 4.39 Å². The van der Waals surface area contributed by atoms with Crippen LogP contribution in [0.5, 0.6) is 0 Å². The van der Waals surface area contributed by atoms with Crippen molar-refractivity contribution in [3.8, 4) is 0 Å². The first-order valence-electron chi connectivity index (χ1n) is 6.10. The highest BCUT2D eigenvalue weighted by Gasteiger charge is 2.31. The van der Waals surface area contributed by atoms with E-state index in [1.807, 2.05) is 36.2 Å². The molecule has 0 aliphatic carbocycles. The summed E-state index contributed by atoms with van der Waals surface area (Å²) < 4.78 is 19.1.